The van der Waals surface area contributed by atoms with Crippen LogP contribution in [0.1, 0.15) is 0 Å². The summed E-state index contributed by atoms with van der Waals surface area (Å²) >= 11 is 3.59. The molecule has 9 aromatic carbocycles. The van der Waals surface area contributed by atoms with E-state index < -0.39 is 0 Å². The van der Waals surface area contributed by atoms with Gasteiger partial charge in [0.25, 0.3) is 0 Å². The fourth-order valence-electron chi connectivity index (χ4n) is 8.78. The Balaban J connectivity index is 1.14. The fraction of sp³-hybridized carbons (Fsp3) is 0. The lowest BCUT2D eigenvalue weighted by Crippen LogP contribution is -2.01. The number of benzene rings is 9. The highest BCUT2D eigenvalue weighted by Gasteiger charge is 2.22. The van der Waals surface area contributed by atoms with Gasteiger partial charge in [-0.2, -0.15) is 0 Å². The molecule has 60 heavy (non-hydrogen) atoms. The second-order valence-corrected chi connectivity index (χ2v) is 17.2. The molecule has 3 heterocycles. The highest BCUT2D eigenvalue weighted by atomic mass is 32.1. The molecule has 0 aliphatic rings. The summed E-state index contributed by atoms with van der Waals surface area (Å²) in [4.78, 5) is 16.2. The first-order valence-electron chi connectivity index (χ1n) is 20.1. The van der Waals surface area contributed by atoms with Crippen LogP contribution < -0.4 is 0 Å². The molecule has 5 heteroatoms. The number of hydrogen-bond donors (Lipinski definition) is 0. The van der Waals surface area contributed by atoms with Crippen molar-refractivity contribution in [2.45, 2.75) is 0 Å². The van der Waals surface area contributed by atoms with E-state index in [4.69, 9.17) is 15.0 Å². The van der Waals surface area contributed by atoms with Gasteiger partial charge in [-0.05, 0) is 80.6 Å². The minimum absolute atomic E-state index is 0.637. The van der Waals surface area contributed by atoms with Crippen LogP contribution in [0.25, 0.3) is 119 Å². The van der Waals surface area contributed by atoms with Crippen LogP contribution >= 0.6 is 22.7 Å². The van der Waals surface area contributed by atoms with Gasteiger partial charge >= 0.3 is 0 Å². The zero-order valence-electron chi connectivity index (χ0n) is 32.2. The smallest absolute Gasteiger partial charge is 0.165 e. The number of thiophene rings is 2. The molecule has 12 rings (SSSR count). The molecule has 0 saturated heterocycles. The minimum atomic E-state index is 0.637. The Kier molecular flexibility index (Phi) is 8.22. The molecule has 0 unspecified atom stereocenters. The molecular formula is C55H33N3S2. The highest BCUT2D eigenvalue weighted by Crippen LogP contribution is 2.45. The van der Waals surface area contributed by atoms with Crippen LogP contribution in [0.4, 0.5) is 0 Å². The molecule has 0 aliphatic heterocycles. The number of aromatic nitrogens is 3. The second kappa shape index (κ2) is 14.2. The lowest BCUT2D eigenvalue weighted by molar-refractivity contribution is 1.08. The monoisotopic (exact) mass is 799 g/mol. The first-order chi connectivity index (χ1) is 29.7. The number of rotatable bonds is 6. The van der Waals surface area contributed by atoms with Crippen molar-refractivity contribution >= 4 is 73.8 Å². The lowest BCUT2D eigenvalue weighted by Gasteiger charge is -2.17. The maximum absolute atomic E-state index is 5.43. The van der Waals surface area contributed by atoms with E-state index in [1.54, 1.807) is 22.7 Å². The Morgan fingerprint density at radius 3 is 1.35 bits per heavy atom. The zero-order chi connectivity index (χ0) is 39.6. The maximum Gasteiger partial charge on any atom is 0.165 e. The van der Waals surface area contributed by atoms with Crippen molar-refractivity contribution in [1.82, 2.24) is 15.0 Å². The van der Waals surface area contributed by atoms with Gasteiger partial charge in [-0.25, -0.2) is 15.0 Å². The molecule has 0 aliphatic carbocycles. The summed E-state index contributed by atoms with van der Waals surface area (Å²) in [5.74, 6) is 1.96. The Morgan fingerprint density at radius 1 is 0.283 bits per heavy atom. The molecule has 0 spiro atoms. The average Bonchev–Trinajstić information content (AvgIpc) is 3.90. The van der Waals surface area contributed by atoms with Crippen LogP contribution in [-0.4, -0.2) is 15.0 Å². The molecule has 12 aromatic rings. The summed E-state index contributed by atoms with van der Waals surface area (Å²) in [7, 11) is 0. The molecule has 0 atom stereocenters. The van der Waals surface area contributed by atoms with Gasteiger partial charge in [0.15, 0.2) is 17.5 Å². The van der Waals surface area contributed by atoms with Crippen LogP contribution in [0.2, 0.25) is 0 Å². The Morgan fingerprint density at radius 2 is 0.750 bits per heavy atom. The van der Waals surface area contributed by atoms with Gasteiger partial charge in [-0.3, -0.25) is 0 Å². The number of fused-ring (bicyclic) bond motifs is 7. The second-order valence-electron chi connectivity index (χ2n) is 15.1. The Bertz CT molecular complexity index is 3470. The molecule has 3 nitrogen and oxygen atoms in total. The lowest BCUT2D eigenvalue weighted by atomic mass is 9.87. The van der Waals surface area contributed by atoms with E-state index in [-0.39, 0.29) is 0 Å². The SMILES string of the molecule is c1ccc(-c2cc(-c3c(-c4ccccc4)ccc4ccccc34)ccc2-c2nc(-c3cccc4c3sc3ccccc34)nc(-c3cccc4c3sc3ccccc34)n2)cc1. The number of hydrogen-bond acceptors (Lipinski definition) is 5. The van der Waals surface area contributed by atoms with E-state index in [2.05, 4.69) is 200 Å². The minimum Gasteiger partial charge on any atom is -0.208 e. The maximum atomic E-state index is 5.43. The van der Waals surface area contributed by atoms with Crippen molar-refractivity contribution in [3.63, 3.8) is 0 Å². The summed E-state index contributed by atoms with van der Waals surface area (Å²) < 4.78 is 4.83. The van der Waals surface area contributed by atoms with Crippen molar-refractivity contribution in [2.24, 2.45) is 0 Å². The summed E-state index contributed by atoms with van der Waals surface area (Å²) in [6.07, 6.45) is 0. The van der Waals surface area contributed by atoms with Crippen LogP contribution in [0, 0.1) is 0 Å². The van der Waals surface area contributed by atoms with Gasteiger partial charge in [0.05, 0.1) is 0 Å². The predicted molar refractivity (Wildman–Crippen MR) is 256 cm³/mol. The molecule has 3 aromatic heterocycles. The summed E-state index contributed by atoms with van der Waals surface area (Å²) in [5.41, 5.74) is 9.82. The molecule has 0 N–H and O–H groups in total. The van der Waals surface area contributed by atoms with Gasteiger partial charge < -0.3 is 0 Å². The van der Waals surface area contributed by atoms with E-state index in [0.29, 0.717) is 17.5 Å². The third kappa shape index (κ3) is 5.74. The van der Waals surface area contributed by atoms with Crippen molar-refractivity contribution in [3.8, 4) is 67.5 Å². The van der Waals surface area contributed by atoms with Gasteiger partial charge in [-0.1, -0.05) is 164 Å². The molecule has 280 valence electrons. The number of nitrogens with zero attached hydrogens (tertiary/aromatic N) is 3. The molecular weight excluding hydrogens is 767 g/mol. The topological polar surface area (TPSA) is 38.7 Å². The van der Waals surface area contributed by atoms with E-state index in [9.17, 15) is 0 Å². The molecule has 0 radical (unpaired) electrons. The van der Waals surface area contributed by atoms with Crippen molar-refractivity contribution in [1.29, 1.82) is 0 Å². The Hall–Kier alpha value is -7.31. The van der Waals surface area contributed by atoms with Crippen LogP contribution in [0.15, 0.2) is 200 Å². The summed E-state index contributed by atoms with van der Waals surface area (Å²) in [5, 5.41) is 7.32. The van der Waals surface area contributed by atoms with E-state index in [0.717, 1.165) is 33.4 Å². The standard InChI is InChI=1S/C55H33N3S2/c1-3-15-34(16-4-1)39-31-29-36-19-7-8-20-38(36)50(39)37-30-32-44(47(33-37)35-17-5-2-6-18-35)53-56-54(45-25-13-23-42-40-21-9-11-27-48(40)59-51(42)45)58-55(57-53)46-26-14-24-43-41-22-10-12-28-49(41)60-52(43)46/h1-33H. The average molecular weight is 800 g/mol. The normalized spacial score (nSPS) is 11.7. The van der Waals surface area contributed by atoms with E-state index in [1.807, 2.05) is 0 Å². The first-order valence-corrected chi connectivity index (χ1v) is 21.7. The van der Waals surface area contributed by atoms with Crippen molar-refractivity contribution in [3.05, 3.63) is 200 Å². The summed E-state index contributed by atoms with van der Waals surface area (Å²) in [6, 6.07) is 71.6. The van der Waals surface area contributed by atoms with Crippen molar-refractivity contribution < 1.29 is 0 Å². The van der Waals surface area contributed by atoms with E-state index >= 15 is 0 Å². The third-order valence-electron chi connectivity index (χ3n) is 11.6. The Labute approximate surface area is 354 Å². The van der Waals surface area contributed by atoms with Gasteiger partial charge in [-0.15, -0.1) is 22.7 Å². The molecule has 0 amide bonds. The van der Waals surface area contributed by atoms with E-state index in [1.165, 1.54) is 67.8 Å². The quantitative estimate of drug-likeness (QED) is 0.168. The van der Waals surface area contributed by atoms with Gasteiger partial charge in [0.2, 0.25) is 0 Å². The third-order valence-corrected chi connectivity index (χ3v) is 14.0. The van der Waals surface area contributed by atoms with Crippen LogP contribution in [0.5, 0.6) is 0 Å². The summed E-state index contributed by atoms with van der Waals surface area (Å²) in [6.45, 7) is 0. The fourth-order valence-corrected chi connectivity index (χ4v) is 11.2. The first kappa shape index (κ1) is 34.7. The molecule has 0 bridgehead atoms. The molecule has 0 fully saturated rings. The van der Waals surface area contributed by atoms with Gasteiger partial charge in [0.1, 0.15) is 0 Å². The highest BCUT2D eigenvalue weighted by molar-refractivity contribution is 7.26. The molecule has 0 saturated carbocycles. The van der Waals surface area contributed by atoms with Gasteiger partial charge in [0, 0.05) is 57.0 Å². The predicted octanol–water partition coefficient (Wildman–Crippen LogP) is 15.8. The zero-order valence-corrected chi connectivity index (χ0v) is 33.8. The van der Waals surface area contributed by atoms with Crippen LogP contribution in [-0.2, 0) is 0 Å². The van der Waals surface area contributed by atoms with Crippen LogP contribution in [0.3, 0.4) is 0 Å². The largest absolute Gasteiger partial charge is 0.208 e. The van der Waals surface area contributed by atoms with Crippen molar-refractivity contribution in [2.75, 3.05) is 0 Å².